The van der Waals surface area contributed by atoms with Gasteiger partial charge in [-0.1, -0.05) is 25.1 Å². The van der Waals surface area contributed by atoms with Gasteiger partial charge in [0.25, 0.3) is 0 Å². The minimum absolute atomic E-state index is 0.0619. The Balaban J connectivity index is 2.11. The van der Waals surface area contributed by atoms with E-state index in [1.54, 1.807) is 0 Å². The first kappa shape index (κ1) is 14.1. The van der Waals surface area contributed by atoms with Crippen molar-refractivity contribution in [2.24, 2.45) is 0 Å². The number of aryl methyl sites for hydroxylation is 2. The topological polar surface area (TPSA) is 36.4 Å². The average Bonchev–Trinajstić information content (AvgIpc) is 2.54. The van der Waals surface area contributed by atoms with Gasteiger partial charge in [0.2, 0.25) is 0 Å². The van der Waals surface area contributed by atoms with Gasteiger partial charge in [0.1, 0.15) is 5.82 Å². The van der Waals surface area contributed by atoms with Gasteiger partial charge in [0, 0.05) is 17.4 Å². The lowest BCUT2D eigenvalue weighted by Crippen LogP contribution is -2.34. The first-order chi connectivity index (χ1) is 10.2. The van der Waals surface area contributed by atoms with E-state index in [9.17, 15) is 5.11 Å². The van der Waals surface area contributed by atoms with E-state index in [4.69, 9.17) is 4.98 Å². The van der Waals surface area contributed by atoms with Gasteiger partial charge in [-0.3, -0.25) is 0 Å². The lowest BCUT2D eigenvalue weighted by atomic mass is 9.96. The van der Waals surface area contributed by atoms with Crippen molar-refractivity contribution in [2.75, 3.05) is 4.90 Å². The number of nitrogens with zero attached hydrogens (tertiary/aromatic N) is 2. The lowest BCUT2D eigenvalue weighted by molar-refractivity contribution is 0.281. The first-order valence-corrected chi connectivity index (χ1v) is 7.70. The molecule has 3 rings (SSSR count). The van der Waals surface area contributed by atoms with Crippen molar-refractivity contribution < 1.29 is 5.11 Å². The number of aliphatic hydroxyl groups excluding tert-OH is 1. The predicted molar refractivity (Wildman–Crippen MR) is 85.9 cm³/mol. The minimum atomic E-state index is 0.0619. The second-order valence-corrected chi connectivity index (χ2v) is 5.72. The van der Waals surface area contributed by atoms with Crippen LogP contribution in [0.15, 0.2) is 36.4 Å². The molecule has 0 saturated carbocycles. The van der Waals surface area contributed by atoms with Crippen molar-refractivity contribution in [1.29, 1.82) is 0 Å². The number of benzene rings is 1. The molecule has 0 amide bonds. The van der Waals surface area contributed by atoms with Crippen LogP contribution in [0.3, 0.4) is 0 Å². The van der Waals surface area contributed by atoms with Crippen molar-refractivity contribution in [3.63, 3.8) is 0 Å². The fraction of sp³-hybridized carbons (Fsp3) is 0.389. The van der Waals surface area contributed by atoms with E-state index < -0.39 is 0 Å². The van der Waals surface area contributed by atoms with Crippen molar-refractivity contribution in [2.45, 2.75) is 45.8 Å². The molecule has 2 aromatic rings. The van der Waals surface area contributed by atoms with Gasteiger partial charge in [-0.15, -0.1) is 0 Å². The number of hydrogen-bond acceptors (Lipinski definition) is 3. The van der Waals surface area contributed by atoms with Gasteiger partial charge in [0.05, 0.1) is 6.61 Å². The summed E-state index contributed by atoms with van der Waals surface area (Å²) in [6.07, 6.45) is 3.13. The van der Waals surface area contributed by atoms with Gasteiger partial charge in [-0.25, -0.2) is 4.98 Å². The van der Waals surface area contributed by atoms with Crippen LogP contribution in [0.5, 0.6) is 0 Å². The summed E-state index contributed by atoms with van der Waals surface area (Å²) in [4.78, 5) is 7.10. The zero-order valence-electron chi connectivity index (χ0n) is 12.7. The van der Waals surface area contributed by atoms with Crippen LogP contribution in [0.1, 0.15) is 37.1 Å². The highest BCUT2D eigenvalue weighted by Gasteiger charge is 2.25. The Kier molecular flexibility index (Phi) is 3.93. The molecule has 1 unspecified atom stereocenters. The number of aliphatic hydroxyl groups is 1. The molecule has 1 atom stereocenters. The molecule has 110 valence electrons. The summed E-state index contributed by atoms with van der Waals surface area (Å²) in [5, 5.41) is 9.50. The van der Waals surface area contributed by atoms with E-state index in [1.165, 1.54) is 11.3 Å². The predicted octanol–water partition coefficient (Wildman–Crippen LogP) is 3.61. The van der Waals surface area contributed by atoms with E-state index >= 15 is 0 Å². The molecule has 2 heterocycles. The maximum absolute atomic E-state index is 9.50. The molecule has 0 bridgehead atoms. The smallest absolute Gasteiger partial charge is 0.133 e. The molecule has 1 aliphatic heterocycles. The zero-order valence-corrected chi connectivity index (χ0v) is 12.7. The molecule has 1 aliphatic rings. The maximum atomic E-state index is 9.50. The molecule has 3 heteroatoms. The molecule has 1 aromatic heterocycles. The van der Waals surface area contributed by atoms with Crippen molar-refractivity contribution in [3.8, 4) is 0 Å². The van der Waals surface area contributed by atoms with Crippen LogP contribution < -0.4 is 4.90 Å². The van der Waals surface area contributed by atoms with Crippen LogP contribution >= 0.6 is 0 Å². The number of para-hydroxylation sites is 1. The zero-order chi connectivity index (χ0) is 14.8. The summed E-state index contributed by atoms with van der Waals surface area (Å²) in [5.74, 6) is 0.957. The standard InChI is InChI=1S/C18H22N2O/c1-3-16-10-14(12-21)11-18(19-16)20-13(2)8-9-15-6-4-5-7-17(15)20/h4-7,10-11,13,21H,3,8-9,12H2,1-2H3. The SMILES string of the molecule is CCc1cc(CO)cc(N2c3ccccc3CCC2C)n1. The molecule has 0 fully saturated rings. The van der Waals surface area contributed by atoms with E-state index in [0.29, 0.717) is 6.04 Å². The van der Waals surface area contributed by atoms with Crippen molar-refractivity contribution in [3.05, 3.63) is 53.2 Å². The summed E-state index contributed by atoms with van der Waals surface area (Å²) >= 11 is 0. The summed E-state index contributed by atoms with van der Waals surface area (Å²) in [6.45, 7) is 4.40. The Labute approximate surface area is 126 Å². The highest BCUT2D eigenvalue weighted by atomic mass is 16.3. The molecule has 1 N–H and O–H groups in total. The van der Waals surface area contributed by atoms with E-state index in [2.05, 4.69) is 43.0 Å². The third-order valence-electron chi connectivity index (χ3n) is 4.24. The molecule has 3 nitrogen and oxygen atoms in total. The van der Waals surface area contributed by atoms with Gasteiger partial charge >= 0.3 is 0 Å². The highest BCUT2D eigenvalue weighted by molar-refractivity contribution is 5.66. The number of hydrogen-bond donors (Lipinski definition) is 1. The minimum Gasteiger partial charge on any atom is -0.392 e. The molecule has 0 spiro atoms. The third-order valence-corrected chi connectivity index (χ3v) is 4.24. The van der Waals surface area contributed by atoms with Crippen LogP contribution in [0, 0.1) is 0 Å². The summed E-state index contributed by atoms with van der Waals surface area (Å²) < 4.78 is 0. The summed E-state index contributed by atoms with van der Waals surface area (Å²) in [5.41, 5.74) is 4.60. The quantitative estimate of drug-likeness (QED) is 0.934. The Morgan fingerprint density at radius 1 is 1.29 bits per heavy atom. The number of rotatable bonds is 3. The Hall–Kier alpha value is -1.87. The Bertz CT molecular complexity index is 617. The summed E-state index contributed by atoms with van der Waals surface area (Å²) in [6, 6.07) is 13.0. The molecule has 0 radical (unpaired) electrons. The molecular weight excluding hydrogens is 260 g/mol. The fourth-order valence-electron chi connectivity index (χ4n) is 3.07. The van der Waals surface area contributed by atoms with E-state index in [1.807, 2.05) is 12.1 Å². The van der Waals surface area contributed by atoms with Crippen molar-refractivity contribution in [1.82, 2.24) is 4.98 Å². The molecule has 21 heavy (non-hydrogen) atoms. The normalized spacial score (nSPS) is 17.7. The average molecular weight is 282 g/mol. The molecule has 1 aromatic carbocycles. The van der Waals surface area contributed by atoms with Gasteiger partial charge < -0.3 is 10.0 Å². The number of pyridine rings is 1. The van der Waals surface area contributed by atoms with Crippen LogP contribution in [0.2, 0.25) is 0 Å². The second-order valence-electron chi connectivity index (χ2n) is 5.72. The largest absolute Gasteiger partial charge is 0.392 e. The molecule has 0 aliphatic carbocycles. The van der Waals surface area contributed by atoms with Crippen LogP contribution in [0.25, 0.3) is 0 Å². The van der Waals surface area contributed by atoms with E-state index in [-0.39, 0.29) is 6.61 Å². The van der Waals surface area contributed by atoms with Crippen LogP contribution in [-0.2, 0) is 19.4 Å². The number of fused-ring (bicyclic) bond motifs is 1. The maximum Gasteiger partial charge on any atom is 0.133 e. The van der Waals surface area contributed by atoms with Gasteiger partial charge in [0.15, 0.2) is 0 Å². The van der Waals surface area contributed by atoms with Crippen molar-refractivity contribution >= 4 is 11.5 Å². The third kappa shape index (κ3) is 2.66. The van der Waals surface area contributed by atoms with Crippen LogP contribution in [0.4, 0.5) is 11.5 Å². The second kappa shape index (κ2) is 5.86. The molecular formula is C18H22N2O. The van der Waals surface area contributed by atoms with Gasteiger partial charge in [-0.2, -0.15) is 0 Å². The number of anilines is 2. The van der Waals surface area contributed by atoms with Gasteiger partial charge in [-0.05, 0) is 55.5 Å². The lowest BCUT2D eigenvalue weighted by Gasteiger charge is -2.36. The highest BCUT2D eigenvalue weighted by Crippen LogP contribution is 2.36. The Morgan fingerprint density at radius 2 is 2.10 bits per heavy atom. The Morgan fingerprint density at radius 3 is 2.86 bits per heavy atom. The molecule has 0 saturated heterocycles. The fourth-order valence-corrected chi connectivity index (χ4v) is 3.07. The first-order valence-electron chi connectivity index (χ1n) is 7.70. The van der Waals surface area contributed by atoms with Crippen LogP contribution in [-0.4, -0.2) is 16.1 Å². The summed E-state index contributed by atoms with van der Waals surface area (Å²) in [7, 11) is 0. The number of aromatic nitrogens is 1. The van der Waals surface area contributed by atoms with E-state index in [0.717, 1.165) is 36.3 Å². The monoisotopic (exact) mass is 282 g/mol.